The second-order valence-corrected chi connectivity index (χ2v) is 12.9. The van der Waals surface area contributed by atoms with Gasteiger partial charge in [0.2, 0.25) is 0 Å². The van der Waals surface area contributed by atoms with E-state index < -0.39 is 0 Å². The summed E-state index contributed by atoms with van der Waals surface area (Å²) in [7, 11) is 0. The molecule has 0 saturated heterocycles. The molecule has 0 N–H and O–H groups in total. The third-order valence-corrected chi connectivity index (χ3v) is 9.55. The molecule has 0 fully saturated rings. The molecule has 0 saturated carbocycles. The summed E-state index contributed by atoms with van der Waals surface area (Å²) in [6, 6.07) is 8.96. The molecule has 0 spiro atoms. The van der Waals surface area contributed by atoms with Crippen LogP contribution in [0, 0.1) is 0 Å². The van der Waals surface area contributed by atoms with Crippen LogP contribution in [0.25, 0.3) is 11.1 Å². The Bertz CT molecular complexity index is 2050. The van der Waals surface area contributed by atoms with Gasteiger partial charge in [0.25, 0.3) is 0 Å². The Morgan fingerprint density at radius 2 is 0.857 bits per heavy atom. The van der Waals surface area contributed by atoms with Crippen molar-refractivity contribution >= 4 is 11.1 Å². The Hall–Kier alpha value is -5.98. The first kappa shape index (κ1) is 48.0. The predicted octanol–water partition coefficient (Wildman–Crippen LogP) is 16.9. The SMILES string of the molecule is C=C\C=C/C(=C\C)C(/C)=C(C(\C=C)=C\C=C)/C(=C(C)/C(/C=C\C)=C/C)c1ccc(C(=C(C)\C(C=C)=C\C=C)/C(C(/C=C\C=C)=C/C)=C(C)/C(C=C)=C/CC)cc1. The molecule has 0 aliphatic heterocycles. The minimum atomic E-state index is 0.886. The highest BCUT2D eigenvalue weighted by molar-refractivity contribution is 5.94. The quantitative estimate of drug-likeness (QED) is 0.110. The summed E-state index contributed by atoms with van der Waals surface area (Å²) >= 11 is 0. The van der Waals surface area contributed by atoms with Crippen LogP contribution in [0.2, 0.25) is 0 Å². The highest BCUT2D eigenvalue weighted by atomic mass is 14.3. The summed E-state index contributed by atoms with van der Waals surface area (Å²) in [5.41, 5.74) is 17.3. The van der Waals surface area contributed by atoms with Gasteiger partial charge in [-0.05, 0) is 151 Å². The molecule has 0 amide bonds. The Kier molecular flexibility index (Phi) is 22.2. The smallest absolute Gasteiger partial charge is 0.00674 e. The maximum atomic E-state index is 4.26. The molecular formula is C56H66. The third kappa shape index (κ3) is 12.5. The average molecular weight is 739 g/mol. The van der Waals surface area contributed by atoms with Gasteiger partial charge in [-0.1, -0.05) is 193 Å². The molecule has 0 heteroatoms. The molecule has 56 heavy (non-hydrogen) atoms. The summed E-state index contributed by atoms with van der Waals surface area (Å²) < 4.78 is 0. The van der Waals surface area contributed by atoms with Crippen molar-refractivity contribution in [1.29, 1.82) is 0 Å². The molecule has 0 unspecified atom stereocenters. The molecule has 0 nitrogen and oxygen atoms in total. The minimum Gasteiger partial charge on any atom is -0.0991 e. The van der Waals surface area contributed by atoms with E-state index >= 15 is 0 Å². The summed E-state index contributed by atoms with van der Waals surface area (Å²) in [5, 5.41) is 0. The van der Waals surface area contributed by atoms with Crippen molar-refractivity contribution in [3.05, 3.63) is 264 Å². The van der Waals surface area contributed by atoms with Gasteiger partial charge in [0.05, 0.1) is 0 Å². The number of rotatable bonds is 21. The lowest BCUT2D eigenvalue weighted by atomic mass is 9.79. The van der Waals surface area contributed by atoms with Gasteiger partial charge < -0.3 is 0 Å². The summed E-state index contributed by atoms with van der Waals surface area (Å²) in [4.78, 5) is 0. The van der Waals surface area contributed by atoms with Crippen molar-refractivity contribution in [2.45, 2.75) is 68.7 Å². The van der Waals surface area contributed by atoms with Crippen LogP contribution in [-0.2, 0) is 0 Å². The van der Waals surface area contributed by atoms with E-state index in [0.717, 1.165) is 95.6 Å². The lowest BCUT2D eigenvalue weighted by Gasteiger charge is -2.24. The van der Waals surface area contributed by atoms with Gasteiger partial charge in [-0.3, -0.25) is 0 Å². The van der Waals surface area contributed by atoms with Crippen molar-refractivity contribution in [3.63, 3.8) is 0 Å². The molecule has 0 atom stereocenters. The van der Waals surface area contributed by atoms with E-state index in [2.05, 4.69) is 181 Å². The van der Waals surface area contributed by atoms with E-state index in [1.807, 2.05) is 60.8 Å². The maximum Gasteiger partial charge on any atom is -0.00674 e. The van der Waals surface area contributed by atoms with E-state index in [0.29, 0.717) is 0 Å². The van der Waals surface area contributed by atoms with Crippen LogP contribution >= 0.6 is 0 Å². The van der Waals surface area contributed by atoms with Gasteiger partial charge in [0.1, 0.15) is 0 Å². The first-order chi connectivity index (χ1) is 27.0. The highest BCUT2D eigenvalue weighted by Crippen LogP contribution is 2.42. The minimum absolute atomic E-state index is 0.886. The fraction of sp³-hybridized carbons (Fsp3) is 0.179. The Morgan fingerprint density at radius 1 is 0.464 bits per heavy atom. The van der Waals surface area contributed by atoms with Crippen LogP contribution in [0.3, 0.4) is 0 Å². The number of hydrogen-bond donors (Lipinski definition) is 0. The number of hydrogen-bond acceptors (Lipinski definition) is 0. The zero-order valence-electron chi connectivity index (χ0n) is 35.9. The first-order valence-corrected chi connectivity index (χ1v) is 19.4. The number of allylic oxidation sites excluding steroid dienone is 33. The normalized spacial score (nSPS) is 15.6. The second-order valence-electron chi connectivity index (χ2n) is 12.9. The molecule has 0 aliphatic rings. The van der Waals surface area contributed by atoms with Gasteiger partial charge in [0, 0.05) is 0 Å². The molecular weight excluding hydrogens is 673 g/mol. The Labute approximate surface area is 342 Å². The zero-order chi connectivity index (χ0) is 42.2. The van der Waals surface area contributed by atoms with Crippen molar-refractivity contribution in [1.82, 2.24) is 0 Å². The van der Waals surface area contributed by atoms with Crippen LogP contribution in [0.4, 0.5) is 0 Å². The van der Waals surface area contributed by atoms with E-state index in [1.165, 1.54) is 0 Å². The van der Waals surface area contributed by atoms with Crippen LogP contribution in [0.5, 0.6) is 0 Å². The van der Waals surface area contributed by atoms with Crippen LogP contribution in [-0.4, -0.2) is 0 Å². The molecule has 0 aliphatic carbocycles. The van der Waals surface area contributed by atoms with Gasteiger partial charge in [-0.25, -0.2) is 0 Å². The summed E-state index contributed by atoms with van der Waals surface area (Å²) in [6.45, 7) is 47.8. The summed E-state index contributed by atoms with van der Waals surface area (Å²) in [6.07, 6.45) is 39.1. The molecule has 1 aromatic carbocycles. The van der Waals surface area contributed by atoms with Gasteiger partial charge in [-0.15, -0.1) is 0 Å². The monoisotopic (exact) mass is 739 g/mol. The molecule has 1 rings (SSSR count). The average Bonchev–Trinajstić information content (AvgIpc) is 3.21. The maximum absolute atomic E-state index is 4.26. The number of benzene rings is 1. The third-order valence-electron chi connectivity index (χ3n) is 9.55. The highest BCUT2D eigenvalue weighted by Gasteiger charge is 2.22. The fourth-order valence-corrected chi connectivity index (χ4v) is 6.76. The largest absolute Gasteiger partial charge is 0.0991 e. The van der Waals surface area contributed by atoms with E-state index in [9.17, 15) is 0 Å². The van der Waals surface area contributed by atoms with Crippen molar-refractivity contribution in [3.8, 4) is 0 Å². The fourth-order valence-electron chi connectivity index (χ4n) is 6.76. The lowest BCUT2D eigenvalue weighted by Crippen LogP contribution is -2.04. The molecule has 0 aromatic heterocycles. The van der Waals surface area contributed by atoms with Crippen molar-refractivity contribution < 1.29 is 0 Å². The van der Waals surface area contributed by atoms with E-state index in [-0.39, 0.29) is 0 Å². The van der Waals surface area contributed by atoms with Crippen LogP contribution in [0.15, 0.2) is 253 Å². The van der Waals surface area contributed by atoms with Gasteiger partial charge in [-0.2, -0.15) is 0 Å². The van der Waals surface area contributed by atoms with E-state index in [4.69, 9.17) is 0 Å². The molecule has 0 radical (unpaired) electrons. The molecule has 0 bridgehead atoms. The topological polar surface area (TPSA) is 0 Å². The molecule has 1 aromatic rings. The van der Waals surface area contributed by atoms with Crippen LogP contribution in [0.1, 0.15) is 79.9 Å². The summed E-state index contributed by atoms with van der Waals surface area (Å²) in [5.74, 6) is 0. The Morgan fingerprint density at radius 3 is 1.25 bits per heavy atom. The first-order valence-electron chi connectivity index (χ1n) is 19.4. The van der Waals surface area contributed by atoms with Crippen molar-refractivity contribution in [2.24, 2.45) is 0 Å². The predicted molar refractivity (Wildman–Crippen MR) is 257 cm³/mol. The zero-order valence-corrected chi connectivity index (χ0v) is 35.9. The van der Waals surface area contributed by atoms with E-state index in [1.54, 1.807) is 6.08 Å². The van der Waals surface area contributed by atoms with Gasteiger partial charge in [0.15, 0.2) is 0 Å². The van der Waals surface area contributed by atoms with Gasteiger partial charge >= 0.3 is 0 Å². The Balaban J connectivity index is 4.87. The molecule has 290 valence electrons. The lowest BCUT2D eigenvalue weighted by molar-refractivity contribution is 1.19. The van der Waals surface area contributed by atoms with Crippen molar-refractivity contribution in [2.75, 3.05) is 0 Å². The van der Waals surface area contributed by atoms with Crippen LogP contribution < -0.4 is 0 Å². The second kappa shape index (κ2) is 25.9. The standard InChI is InChI=1S/C56H66/c1-17-29-35-48(26-10)44(16)53(49(27-11)34-22-6)55(42(14)46(24-8)32-20-4)51-37-39-52(40-38-51)56(43(15)47(25-9)33-21-5)54(50(28-12)36-30-18-2)41(13)45(23-7)31-19-3/h17-18,20-40H,1-2,5-7,9,11,19H2,3-4,8,10,12-16H3/b32-20-,35-29-,36-30-,45-31+,46-24+,47-33+,48-26+,49-34+,50-28+,53-44+,54-41+,55-42+,56-43+. The molecule has 0 heterocycles.